The number of carbonyl (C=O) groups is 1. The van der Waals surface area contributed by atoms with Gasteiger partial charge in [0.25, 0.3) is 0 Å². The maximum atomic E-state index is 12.0. The van der Waals surface area contributed by atoms with Crippen LogP contribution in [0, 0.1) is 25.2 Å². The van der Waals surface area contributed by atoms with Crippen LogP contribution in [-0.2, 0) is 4.79 Å². The summed E-state index contributed by atoms with van der Waals surface area (Å²) in [5.74, 6) is 0.176. The molecular weight excluding hydrogens is 324 g/mol. The highest BCUT2D eigenvalue weighted by atomic mass is 35.5. The molecule has 0 spiro atoms. The van der Waals surface area contributed by atoms with E-state index in [1.54, 1.807) is 12.1 Å². The van der Waals surface area contributed by atoms with E-state index >= 15 is 0 Å². The van der Waals surface area contributed by atoms with E-state index in [2.05, 4.69) is 11.4 Å². The van der Waals surface area contributed by atoms with E-state index in [9.17, 15) is 4.79 Å². The lowest BCUT2D eigenvalue weighted by Crippen LogP contribution is -2.13. The summed E-state index contributed by atoms with van der Waals surface area (Å²) in [7, 11) is 0. The number of nitrogens with one attached hydrogen (secondary N) is 1. The Morgan fingerprint density at radius 1 is 1.38 bits per heavy atom. The van der Waals surface area contributed by atoms with E-state index in [0.29, 0.717) is 21.3 Å². The smallest absolute Gasteiger partial charge is 0.235 e. The molecule has 0 aliphatic rings. The van der Waals surface area contributed by atoms with Crippen LogP contribution in [0.4, 0.5) is 5.00 Å². The first-order valence-electron chi connectivity index (χ1n) is 6.19. The van der Waals surface area contributed by atoms with Crippen LogP contribution in [0.3, 0.4) is 0 Å². The molecule has 3 nitrogen and oxygen atoms in total. The number of rotatable bonds is 4. The van der Waals surface area contributed by atoms with E-state index < -0.39 is 0 Å². The number of amides is 1. The Balaban J connectivity index is 1.98. The minimum Gasteiger partial charge on any atom is -0.316 e. The van der Waals surface area contributed by atoms with Gasteiger partial charge in [-0.15, -0.1) is 23.1 Å². The van der Waals surface area contributed by atoms with Crippen LogP contribution in [-0.4, -0.2) is 11.7 Å². The van der Waals surface area contributed by atoms with Crippen molar-refractivity contribution in [3.8, 4) is 6.07 Å². The van der Waals surface area contributed by atoms with Crippen LogP contribution in [0.25, 0.3) is 0 Å². The average Bonchev–Trinajstić information content (AvgIpc) is 2.72. The van der Waals surface area contributed by atoms with Crippen molar-refractivity contribution in [1.82, 2.24) is 0 Å². The molecule has 21 heavy (non-hydrogen) atoms. The van der Waals surface area contributed by atoms with E-state index in [0.717, 1.165) is 15.3 Å². The second-order valence-electron chi connectivity index (χ2n) is 4.39. The SMILES string of the molecule is Cc1sc(NC(=O)CSc2ccc(Cl)cc2)c(C#N)c1C. The highest BCUT2D eigenvalue weighted by Crippen LogP contribution is 2.31. The molecule has 0 aliphatic heterocycles. The van der Waals surface area contributed by atoms with Crippen molar-refractivity contribution in [3.63, 3.8) is 0 Å². The summed E-state index contributed by atoms with van der Waals surface area (Å²) >= 11 is 8.68. The summed E-state index contributed by atoms with van der Waals surface area (Å²) in [6.07, 6.45) is 0. The lowest BCUT2D eigenvalue weighted by Gasteiger charge is -2.04. The summed E-state index contributed by atoms with van der Waals surface area (Å²) < 4.78 is 0. The highest BCUT2D eigenvalue weighted by molar-refractivity contribution is 8.00. The zero-order valence-corrected chi connectivity index (χ0v) is 14.0. The van der Waals surface area contributed by atoms with Crippen molar-refractivity contribution in [1.29, 1.82) is 5.26 Å². The van der Waals surface area contributed by atoms with E-state index in [1.165, 1.54) is 23.1 Å². The van der Waals surface area contributed by atoms with Crippen molar-refractivity contribution in [3.05, 3.63) is 45.3 Å². The van der Waals surface area contributed by atoms with Gasteiger partial charge < -0.3 is 5.32 Å². The van der Waals surface area contributed by atoms with E-state index in [1.807, 2.05) is 26.0 Å². The Bertz CT molecular complexity index is 702. The molecule has 1 aromatic carbocycles. The van der Waals surface area contributed by atoms with Gasteiger partial charge in [0.1, 0.15) is 11.1 Å². The number of benzene rings is 1. The molecule has 0 aliphatic carbocycles. The third-order valence-corrected chi connectivity index (χ3v) is 5.32. The van der Waals surface area contributed by atoms with Gasteiger partial charge in [-0.2, -0.15) is 5.26 Å². The lowest BCUT2D eigenvalue weighted by atomic mass is 10.2. The number of carbonyl (C=O) groups excluding carboxylic acids is 1. The Morgan fingerprint density at radius 3 is 2.67 bits per heavy atom. The van der Waals surface area contributed by atoms with Crippen molar-refractivity contribution in [2.45, 2.75) is 18.7 Å². The number of hydrogen-bond donors (Lipinski definition) is 1. The molecule has 2 rings (SSSR count). The number of halogens is 1. The number of aryl methyl sites for hydroxylation is 1. The molecule has 0 fully saturated rings. The number of hydrogen-bond acceptors (Lipinski definition) is 4. The quantitative estimate of drug-likeness (QED) is 0.829. The van der Waals surface area contributed by atoms with Gasteiger partial charge >= 0.3 is 0 Å². The van der Waals surface area contributed by atoms with Crippen LogP contribution in [0.5, 0.6) is 0 Å². The lowest BCUT2D eigenvalue weighted by molar-refractivity contribution is -0.113. The summed E-state index contributed by atoms with van der Waals surface area (Å²) in [4.78, 5) is 14.0. The van der Waals surface area contributed by atoms with Crippen LogP contribution in [0.1, 0.15) is 16.0 Å². The fourth-order valence-electron chi connectivity index (χ4n) is 1.69. The maximum Gasteiger partial charge on any atom is 0.235 e. The zero-order chi connectivity index (χ0) is 15.4. The van der Waals surface area contributed by atoms with Gasteiger partial charge in [-0.3, -0.25) is 4.79 Å². The van der Waals surface area contributed by atoms with Crippen molar-refractivity contribution < 1.29 is 4.79 Å². The molecule has 1 aromatic heterocycles. The summed E-state index contributed by atoms with van der Waals surface area (Å²) in [5, 5.41) is 13.3. The molecule has 1 N–H and O–H groups in total. The van der Waals surface area contributed by atoms with E-state index in [4.69, 9.17) is 16.9 Å². The molecule has 1 amide bonds. The zero-order valence-electron chi connectivity index (χ0n) is 11.6. The minimum absolute atomic E-state index is 0.118. The second-order valence-corrected chi connectivity index (χ2v) is 7.10. The second kappa shape index (κ2) is 6.99. The highest BCUT2D eigenvalue weighted by Gasteiger charge is 2.14. The van der Waals surface area contributed by atoms with Crippen molar-refractivity contribution in [2.24, 2.45) is 0 Å². The molecule has 0 bridgehead atoms. The standard InChI is InChI=1S/C15H13ClN2OS2/c1-9-10(2)21-15(13(9)7-17)18-14(19)8-20-12-5-3-11(16)4-6-12/h3-6H,8H2,1-2H3,(H,18,19). The Kier molecular flexibility index (Phi) is 5.29. The van der Waals surface area contributed by atoms with Crippen LogP contribution in [0.2, 0.25) is 5.02 Å². The van der Waals surface area contributed by atoms with Crippen LogP contribution in [0.15, 0.2) is 29.2 Å². The summed E-state index contributed by atoms with van der Waals surface area (Å²) in [6, 6.07) is 9.48. The first-order valence-corrected chi connectivity index (χ1v) is 8.37. The molecule has 0 radical (unpaired) electrons. The van der Waals surface area contributed by atoms with Gasteiger partial charge in [0.05, 0.1) is 11.3 Å². The summed E-state index contributed by atoms with van der Waals surface area (Å²) in [5.41, 5.74) is 1.49. The first kappa shape index (κ1) is 15.9. The Labute approximate surface area is 136 Å². The number of anilines is 1. The maximum absolute atomic E-state index is 12.0. The van der Waals surface area contributed by atoms with Crippen LogP contribution < -0.4 is 5.32 Å². The predicted octanol–water partition coefficient (Wildman–Crippen LogP) is 4.62. The molecular formula is C15H13ClN2OS2. The molecule has 108 valence electrons. The third kappa shape index (κ3) is 4.01. The largest absolute Gasteiger partial charge is 0.316 e. The van der Waals surface area contributed by atoms with Crippen LogP contribution >= 0.6 is 34.7 Å². The topological polar surface area (TPSA) is 52.9 Å². The number of thiophene rings is 1. The first-order chi connectivity index (χ1) is 10.0. The van der Waals surface area contributed by atoms with Gasteiger partial charge in [-0.05, 0) is 43.7 Å². The van der Waals surface area contributed by atoms with Gasteiger partial charge in [0.2, 0.25) is 5.91 Å². The van der Waals surface area contributed by atoms with E-state index in [-0.39, 0.29) is 5.91 Å². The minimum atomic E-state index is -0.118. The molecule has 0 unspecified atom stereocenters. The number of nitriles is 1. The van der Waals surface area contributed by atoms with Gasteiger partial charge in [-0.25, -0.2) is 0 Å². The predicted molar refractivity (Wildman–Crippen MR) is 89.3 cm³/mol. The molecule has 0 saturated heterocycles. The molecule has 6 heteroatoms. The monoisotopic (exact) mass is 336 g/mol. The van der Waals surface area contributed by atoms with Gasteiger partial charge in [-0.1, -0.05) is 11.6 Å². The molecule has 2 aromatic rings. The molecule has 0 atom stereocenters. The third-order valence-electron chi connectivity index (χ3n) is 2.93. The van der Waals surface area contributed by atoms with Crippen molar-refractivity contribution >= 4 is 45.6 Å². The Hall–Kier alpha value is -1.48. The fourth-order valence-corrected chi connectivity index (χ4v) is 3.54. The fraction of sp³-hybridized carbons (Fsp3) is 0.200. The normalized spacial score (nSPS) is 10.2. The average molecular weight is 337 g/mol. The Morgan fingerprint density at radius 2 is 2.05 bits per heavy atom. The number of nitrogens with zero attached hydrogens (tertiary/aromatic N) is 1. The summed E-state index contributed by atoms with van der Waals surface area (Å²) in [6.45, 7) is 3.83. The van der Waals surface area contributed by atoms with Gasteiger partial charge in [0.15, 0.2) is 0 Å². The molecule has 1 heterocycles. The number of thioether (sulfide) groups is 1. The molecule has 0 saturated carbocycles. The van der Waals surface area contributed by atoms with Crippen molar-refractivity contribution in [2.75, 3.05) is 11.1 Å². The van der Waals surface area contributed by atoms with Gasteiger partial charge in [0, 0.05) is 14.8 Å².